The van der Waals surface area contributed by atoms with E-state index in [2.05, 4.69) is 0 Å². The maximum Gasteiger partial charge on any atom is 0.337 e. The Bertz CT molecular complexity index is 1070. The van der Waals surface area contributed by atoms with Crippen LogP contribution in [-0.2, 0) is 37.9 Å². The first-order valence-electron chi connectivity index (χ1n) is 15.0. The monoisotopic (exact) mass is 652 g/mol. The summed E-state index contributed by atoms with van der Waals surface area (Å²) in [6.07, 6.45) is 0. The molecule has 0 saturated heterocycles. The van der Waals surface area contributed by atoms with E-state index in [1.807, 2.05) is 0 Å². The highest BCUT2D eigenvalue weighted by Crippen LogP contribution is 2.30. The summed E-state index contributed by atoms with van der Waals surface area (Å²) in [6, 6.07) is 9.66. The normalized spacial score (nSPS) is 17.6. The van der Waals surface area contributed by atoms with Crippen LogP contribution in [0.15, 0.2) is 36.4 Å². The van der Waals surface area contributed by atoms with Gasteiger partial charge < -0.3 is 56.8 Å². The van der Waals surface area contributed by atoms with Gasteiger partial charge in [-0.1, -0.05) is 0 Å². The molecule has 256 valence electrons. The Morgan fingerprint density at radius 3 is 0.957 bits per heavy atom. The fourth-order valence-corrected chi connectivity index (χ4v) is 3.90. The molecule has 0 unspecified atom stereocenters. The lowest BCUT2D eigenvalue weighted by Crippen LogP contribution is -2.16. The Balaban J connectivity index is 1.48. The van der Waals surface area contributed by atoms with Crippen LogP contribution in [0.25, 0.3) is 0 Å². The molecular formula is C32H44O14. The van der Waals surface area contributed by atoms with Crippen molar-refractivity contribution in [2.75, 3.05) is 120 Å². The minimum Gasteiger partial charge on any atom is -0.487 e. The lowest BCUT2D eigenvalue weighted by Gasteiger charge is -2.15. The number of hydrogen-bond donors (Lipinski definition) is 0. The van der Waals surface area contributed by atoms with E-state index in [-0.39, 0.29) is 26.4 Å². The zero-order chi connectivity index (χ0) is 32.7. The first kappa shape index (κ1) is 36.8. The molecule has 14 nitrogen and oxygen atoms in total. The van der Waals surface area contributed by atoms with Crippen LogP contribution >= 0.6 is 0 Å². The zero-order valence-electron chi connectivity index (χ0n) is 26.5. The number of carbonyl (C=O) groups is 2. The third-order valence-corrected chi connectivity index (χ3v) is 6.16. The van der Waals surface area contributed by atoms with Gasteiger partial charge in [0.05, 0.1) is 105 Å². The fourth-order valence-electron chi connectivity index (χ4n) is 3.90. The molecule has 14 heteroatoms. The average Bonchev–Trinajstić information content (AvgIpc) is 3.08. The quantitative estimate of drug-likeness (QED) is 0.438. The third-order valence-electron chi connectivity index (χ3n) is 6.16. The van der Waals surface area contributed by atoms with E-state index in [1.165, 1.54) is 14.2 Å². The first-order chi connectivity index (χ1) is 22.6. The van der Waals surface area contributed by atoms with Crippen molar-refractivity contribution in [2.45, 2.75) is 0 Å². The summed E-state index contributed by atoms with van der Waals surface area (Å²) in [4.78, 5) is 24.0. The molecular weight excluding hydrogens is 608 g/mol. The molecule has 2 aromatic carbocycles. The van der Waals surface area contributed by atoms with Crippen LogP contribution < -0.4 is 18.9 Å². The molecule has 0 radical (unpaired) electrons. The number of benzene rings is 2. The van der Waals surface area contributed by atoms with Gasteiger partial charge in [0, 0.05) is 0 Å². The molecule has 0 fully saturated rings. The molecule has 0 N–H and O–H groups in total. The average molecular weight is 653 g/mol. The van der Waals surface area contributed by atoms with Crippen LogP contribution in [0, 0.1) is 0 Å². The summed E-state index contributed by atoms with van der Waals surface area (Å²) in [5.41, 5.74) is 0.681. The predicted molar refractivity (Wildman–Crippen MR) is 162 cm³/mol. The van der Waals surface area contributed by atoms with Gasteiger partial charge in [-0.15, -0.1) is 0 Å². The minimum absolute atomic E-state index is 0.233. The van der Waals surface area contributed by atoms with Crippen molar-refractivity contribution in [3.63, 3.8) is 0 Å². The number of fused-ring (bicyclic) bond motifs is 2. The van der Waals surface area contributed by atoms with Crippen molar-refractivity contribution in [1.82, 2.24) is 0 Å². The maximum atomic E-state index is 12.0. The van der Waals surface area contributed by atoms with Gasteiger partial charge in [0.15, 0.2) is 23.0 Å². The van der Waals surface area contributed by atoms with Gasteiger partial charge >= 0.3 is 11.9 Å². The van der Waals surface area contributed by atoms with Gasteiger partial charge in [-0.3, -0.25) is 0 Å². The first-order valence-corrected chi connectivity index (χ1v) is 15.0. The van der Waals surface area contributed by atoms with Gasteiger partial charge in [0.25, 0.3) is 0 Å². The number of rotatable bonds is 2. The Labute approximate surface area is 268 Å². The van der Waals surface area contributed by atoms with Crippen molar-refractivity contribution in [1.29, 1.82) is 0 Å². The number of esters is 2. The second-order valence-corrected chi connectivity index (χ2v) is 9.37. The van der Waals surface area contributed by atoms with Crippen LogP contribution in [0.1, 0.15) is 20.7 Å². The predicted octanol–water partition coefficient (Wildman–Crippen LogP) is 2.59. The lowest BCUT2D eigenvalue weighted by atomic mass is 10.2. The van der Waals surface area contributed by atoms with Crippen molar-refractivity contribution >= 4 is 11.9 Å². The molecule has 0 amide bonds. The maximum absolute atomic E-state index is 12.0. The fraction of sp³-hybridized carbons (Fsp3) is 0.562. The molecule has 0 bridgehead atoms. The Morgan fingerprint density at radius 1 is 0.413 bits per heavy atom. The Hall–Kier alpha value is -3.66. The Morgan fingerprint density at radius 2 is 0.674 bits per heavy atom. The van der Waals surface area contributed by atoms with Crippen molar-refractivity contribution in [3.05, 3.63) is 47.5 Å². The molecule has 3 rings (SSSR count). The van der Waals surface area contributed by atoms with E-state index in [4.69, 9.17) is 56.8 Å². The minimum atomic E-state index is -0.480. The van der Waals surface area contributed by atoms with Gasteiger partial charge in [0.2, 0.25) is 0 Å². The van der Waals surface area contributed by atoms with E-state index in [1.54, 1.807) is 36.4 Å². The van der Waals surface area contributed by atoms with E-state index in [9.17, 15) is 9.59 Å². The SMILES string of the molecule is COC(=O)c1ccc2c(c1)OCCOCCOCCOCCOc1cc(C(=O)OC)ccc1OCCOCCOCCOCCO2. The summed E-state index contributed by atoms with van der Waals surface area (Å²) in [6.45, 7) is 5.30. The Kier molecular flexibility index (Phi) is 18.2. The number of ether oxygens (including phenoxy) is 12. The van der Waals surface area contributed by atoms with E-state index < -0.39 is 11.9 Å². The highest BCUT2D eigenvalue weighted by atomic mass is 16.6. The molecule has 46 heavy (non-hydrogen) atoms. The van der Waals surface area contributed by atoms with Crippen LogP contribution in [0.2, 0.25) is 0 Å². The molecule has 0 spiro atoms. The van der Waals surface area contributed by atoms with Crippen molar-refractivity contribution < 1.29 is 66.4 Å². The highest BCUT2D eigenvalue weighted by molar-refractivity contribution is 5.90. The van der Waals surface area contributed by atoms with E-state index in [0.29, 0.717) is 113 Å². The molecule has 0 saturated carbocycles. The van der Waals surface area contributed by atoms with Gasteiger partial charge in [-0.05, 0) is 36.4 Å². The molecule has 1 aliphatic heterocycles. The number of carbonyl (C=O) groups excluding carboxylic acids is 2. The topological polar surface area (TPSA) is 145 Å². The van der Waals surface area contributed by atoms with Crippen LogP contribution in [0.4, 0.5) is 0 Å². The standard InChI is InChI=1S/C32H44O14/c1-35-31(33)25-3-5-27-29(23-25)45-21-17-41-13-9-38-10-14-42-18-22-46-30-24-26(32(34)36-2)4-6-28(30)44-20-16-40-12-8-37-7-11-39-15-19-43-27/h3-6,23-24H,7-22H2,1-2H3. The molecule has 0 atom stereocenters. The largest absolute Gasteiger partial charge is 0.487 e. The molecule has 0 aliphatic carbocycles. The lowest BCUT2D eigenvalue weighted by molar-refractivity contribution is 0.00247. The van der Waals surface area contributed by atoms with Crippen molar-refractivity contribution in [2.24, 2.45) is 0 Å². The molecule has 1 heterocycles. The zero-order valence-corrected chi connectivity index (χ0v) is 26.5. The second kappa shape index (κ2) is 22.8. The van der Waals surface area contributed by atoms with Crippen LogP contribution in [0.5, 0.6) is 23.0 Å². The summed E-state index contributed by atoms with van der Waals surface area (Å²) in [7, 11) is 2.63. The van der Waals surface area contributed by atoms with Gasteiger partial charge in [-0.25, -0.2) is 9.59 Å². The number of hydrogen-bond acceptors (Lipinski definition) is 14. The summed E-state index contributed by atoms with van der Waals surface area (Å²) in [5.74, 6) is 0.763. The van der Waals surface area contributed by atoms with Crippen LogP contribution in [-0.4, -0.2) is 132 Å². The molecule has 1 aliphatic rings. The molecule has 0 aromatic heterocycles. The summed E-state index contributed by atoms with van der Waals surface area (Å²) in [5, 5.41) is 0. The number of methoxy groups -OCH3 is 2. The summed E-state index contributed by atoms with van der Waals surface area (Å²) >= 11 is 0. The van der Waals surface area contributed by atoms with Crippen molar-refractivity contribution in [3.8, 4) is 23.0 Å². The van der Waals surface area contributed by atoms with Gasteiger partial charge in [0.1, 0.15) is 26.4 Å². The highest BCUT2D eigenvalue weighted by Gasteiger charge is 2.14. The smallest absolute Gasteiger partial charge is 0.337 e. The third kappa shape index (κ3) is 14.2. The van der Waals surface area contributed by atoms with E-state index >= 15 is 0 Å². The van der Waals surface area contributed by atoms with E-state index in [0.717, 1.165) is 0 Å². The second-order valence-electron chi connectivity index (χ2n) is 9.37. The molecule has 2 aromatic rings. The van der Waals surface area contributed by atoms with Crippen LogP contribution in [0.3, 0.4) is 0 Å². The summed E-state index contributed by atoms with van der Waals surface area (Å²) < 4.78 is 66.3. The van der Waals surface area contributed by atoms with Gasteiger partial charge in [-0.2, -0.15) is 0 Å².